The van der Waals surface area contributed by atoms with Crippen molar-refractivity contribution in [2.75, 3.05) is 31.8 Å². The standard InChI is InChI=1S/C18H30N6O/c1-23-9-6-14(7-10-23)18(21)12-17(18,20)8-11-25-16-4-2-15(3-5-16)24(22)13-19/h2-5,13-14,19H,6-12,20-22H2,1H3. The lowest BCUT2D eigenvalue weighted by Crippen LogP contribution is -2.50. The number of nitrogens with two attached hydrogens (primary N) is 3. The number of anilines is 1. The number of hydrogen-bond acceptors (Lipinski definition) is 6. The van der Waals surface area contributed by atoms with E-state index in [1.54, 1.807) is 0 Å². The average Bonchev–Trinajstić information content (AvgIpc) is 3.17. The predicted molar refractivity (Wildman–Crippen MR) is 101 cm³/mol. The quantitative estimate of drug-likeness (QED) is 0.252. The van der Waals surface area contributed by atoms with Crippen molar-refractivity contribution in [3.05, 3.63) is 24.3 Å². The van der Waals surface area contributed by atoms with Gasteiger partial charge < -0.3 is 21.1 Å². The van der Waals surface area contributed by atoms with Crippen LogP contribution < -0.4 is 27.1 Å². The molecule has 1 heterocycles. The number of likely N-dealkylation sites (tertiary alicyclic amines) is 1. The van der Waals surface area contributed by atoms with Crippen LogP contribution in [-0.4, -0.2) is 49.1 Å². The summed E-state index contributed by atoms with van der Waals surface area (Å²) in [5.74, 6) is 6.92. The normalized spacial score (nSPS) is 30.1. The van der Waals surface area contributed by atoms with Crippen LogP contribution in [0.4, 0.5) is 5.69 Å². The topological polar surface area (TPSA) is 118 Å². The first kappa shape index (κ1) is 18.1. The Hall–Kier alpha value is -1.67. The van der Waals surface area contributed by atoms with Crippen LogP contribution in [0.3, 0.4) is 0 Å². The van der Waals surface area contributed by atoms with Crippen LogP contribution in [0, 0.1) is 11.3 Å². The van der Waals surface area contributed by atoms with Gasteiger partial charge in [0.15, 0.2) is 0 Å². The molecule has 2 fully saturated rings. The first-order valence-electron chi connectivity index (χ1n) is 8.92. The molecule has 2 unspecified atom stereocenters. The maximum Gasteiger partial charge on any atom is 0.119 e. The number of ether oxygens (including phenoxy) is 1. The highest BCUT2D eigenvalue weighted by molar-refractivity contribution is 5.75. The second-order valence-corrected chi connectivity index (χ2v) is 7.58. The van der Waals surface area contributed by atoms with Gasteiger partial charge in [0, 0.05) is 17.5 Å². The molecule has 1 saturated carbocycles. The molecule has 1 saturated heterocycles. The summed E-state index contributed by atoms with van der Waals surface area (Å²) in [7, 11) is 2.16. The monoisotopic (exact) mass is 346 g/mol. The van der Waals surface area contributed by atoms with Crippen molar-refractivity contribution >= 4 is 12.0 Å². The smallest absolute Gasteiger partial charge is 0.119 e. The minimum atomic E-state index is -0.304. The summed E-state index contributed by atoms with van der Waals surface area (Å²) >= 11 is 0. The average molecular weight is 346 g/mol. The van der Waals surface area contributed by atoms with Gasteiger partial charge in [0.2, 0.25) is 0 Å². The summed E-state index contributed by atoms with van der Waals surface area (Å²) in [4.78, 5) is 2.36. The molecule has 0 aromatic heterocycles. The number of nitrogens with one attached hydrogen (secondary N) is 1. The van der Waals surface area contributed by atoms with E-state index in [2.05, 4.69) is 11.9 Å². The SMILES string of the molecule is CN1CCC(C2(N)CC2(N)CCOc2ccc(N(N)C=N)cc2)CC1. The fraction of sp³-hybridized carbons (Fsp3) is 0.611. The highest BCUT2D eigenvalue weighted by Gasteiger charge is 2.65. The van der Waals surface area contributed by atoms with E-state index < -0.39 is 0 Å². The number of rotatable bonds is 7. The molecule has 0 radical (unpaired) electrons. The predicted octanol–water partition coefficient (Wildman–Crippen LogP) is 0.883. The number of nitrogens with zero attached hydrogens (tertiary/aromatic N) is 2. The van der Waals surface area contributed by atoms with Crippen LogP contribution in [0.25, 0.3) is 0 Å². The molecule has 2 atom stereocenters. The zero-order valence-electron chi connectivity index (χ0n) is 14.9. The Morgan fingerprint density at radius 2 is 1.92 bits per heavy atom. The molecule has 1 aliphatic heterocycles. The van der Waals surface area contributed by atoms with Crippen molar-refractivity contribution in [1.29, 1.82) is 5.41 Å². The molecule has 0 amide bonds. The largest absolute Gasteiger partial charge is 0.494 e. The first-order chi connectivity index (χ1) is 11.9. The van der Waals surface area contributed by atoms with Gasteiger partial charge in [-0.2, -0.15) is 0 Å². The Labute approximate surface area is 149 Å². The molecular weight excluding hydrogens is 316 g/mol. The molecule has 7 N–H and O–H groups in total. The Bertz CT molecular complexity index is 600. The summed E-state index contributed by atoms with van der Waals surface area (Å²) in [6, 6.07) is 7.34. The second-order valence-electron chi connectivity index (χ2n) is 7.58. The lowest BCUT2D eigenvalue weighted by molar-refractivity contribution is 0.176. The first-order valence-corrected chi connectivity index (χ1v) is 8.92. The van der Waals surface area contributed by atoms with Gasteiger partial charge in [-0.05, 0) is 69.6 Å². The van der Waals surface area contributed by atoms with Crippen LogP contribution in [-0.2, 0) is 0 Å². The van der Waals surface area contributed by atoms with Crippen molar-refractivity contribution < 1.29 is 4.74 Å². The second kappa shape index (κ2) is 6.92. The minimum absolute atomic E-state index is 0.231. The van der Waals surface area contributed by atoms with E-state index in [0.717, 1.165) is 56.5 Å². The van der Waals surface area contributed by atoms with E-state index >= 15 is 0 Å². The molecule has 1 aliphatic carbocycles. The van der Waals surface area contributed by atoms with Gasteiger partial charge in [0.25, 0.3) is 0 Å². The van der Waals surface area contributed by atoms with Crippen molar-refractivity contribution in [3.8, 4) is 5.75 Å². The van der Waals surface area contributed by atoms with Gasteiger partial charge in [-0.3, -0.25) is 10.4 Å². The van der Waals surface area contributed by atoms with Crippen LogP contribution in [0.1, 0.15) is 25.7 Å². The van der Waals surface area contributed by atoms with Crippen LogP contribution in [0.5, 0.6) is 5.75 Å². The zero-order valence-corrected chi connectivity index (χ0v) is 14.9. The fourth-order valence-corrected chi connectivity index (χ4v) is 4.01. The molecule has 0 spiro atoms. The Morgan fingerprint density at radius 1 is 1.28 bits per heavy atom. The molecule has 1 aromatic carbocycles. The third-order valence-electron chi connectivity index (χ3n) is 5.95. The van der Waals surface area contributed by atoms with E-state index in [4.69, 9.17) is 27.5 Å². The molecule has 0 bridgehead atoms. The van der Waals surface area contributed by atoms with E-state index in [1.165, 1.54) is 5.01 Å². The summed E-state index contributed by atoms with van der Waals surface area (Å²) in [5.41, 5.74) is 13.4. The highest BCUT2D eigenvalue weighted by Crippen LogP contribution is 2.53. The highest BCUT2D eigenvalue weighted by atomic mass is 16.5. The van der Waals surface area contributed by atoms with Crippen LogP contribution >= 0.6 is 0 Å². The minimum Gasteiger partial charge on any atom is -0.494 e. The molecule has 2 aliphatic rings. The zero-order chi connectivity index (χ0) is 18.1. The molecule has 138 valence electrons. The number of benzene rings is 1. The van der Waals surface area contributed by atoms with Gasteiger partial charge in [-0.15, -0.1) is 0 Å². The van der Waals surface area contributed by atoms with Crippen molar-refractivity contribution in [3.63, 3.8) is 0 Å². The summed E-state index contributed by atoms with van der Waals surface area (Å²) < 4.78 is 5.83. The van der Waals surface area contributed by atoms with E-state index in [9.17, 15) is 0 Å². The lowest BCUT2D eigenvalue weighted by Gasteiger charge is -2.35. The Morgan fingerprint density at radius 3 is 2.52 bits per heavy atom. The maximum absolute atomic E-state index is 7.14. The van der Waals surface area contributed by atoms with Crippen molar-refractivity contribution in [1.82, 2.24) is 4.90 Å². The van der Waals surface area contributed by atoms with Gasteiger partial charge in [0.1, 0.15) is 12.1 Å². The third-order valence-corrected chi connectivity index (χ3v) is 5.95. The maximum atomic E-state index is 7.14. The summed E-state index contributed by atoms with van der Waals surface area (Å²) in [5, 5.41) is 8.38. The van der Waals surface area contributed by atoms with Gasteiger partial charge in [-0.1, -0.05) is 0 Å². The molecule has 1 aromatic rings. The van der Waals surface area contributed by atoms with E-state index in [0.29, 0.717) is 12.5 Å². The number of hydrogen-bond donors (Lipinski definition) is 4. The lowest BCUT2D eigenvalue weighted by atomic mass is 9.84. The molecule has 25 heavy (non-hydrogen) atoms. The van der Waals surface area contributed by atoms with Crippen molar-refractivity contribution in [2.24, 2.45) is 23.2 Å². The molecular formula is C18H30N6O. The number of piperidine rings is 1. The van der Waals surface area contributed by atoms with Gasteiger partial charge in [0.05, 0.1) is 12.3 Å². The molecule has 7 nitrogen and oxygen atoms in total. The summed E-state index contributed by atoms with van der Waals surface area (Å²) in [6.45, 7) is 2.77. The van der Waals surface area contributed by atoms with Gasteiger partial charge >= 0.3 is 0 Å². The van der Waals surface area contributed by atoms with Gasteiger partial charge in [-0.25, -0.2) is 5.84 Å². The molecule has 7 heteroatoms. The van der Waals surface area contributed by atoms with E-state index in [1.807, 2.05) is 24.3 Å². The van der Waals surface area contributed by atoms with Crippen molar-refractivity contribution in [2.45, 2.75) is 36.8 Å². The third kappa shape index (κ3) is 3.64. The van der Waals surface area contributed by atoms with Crippen LogP contribution in [0.2, 0.25) is 0 Å². The molecule has 3 rings (SSSR count). The van der Waals surface area contributed by atoms with E-state index in [-0.39, 0.29) is 11.1 Å². The fourth-order valence-electron chi connectivity index (χ4n) is 4.01. The van der Waals surface area contributed by atoms with Crippen LogP contribution in [0.15, 0.2) is 24.3 Å². The Balaban J connectivity index is 1.48. The number of hydrazine groups is 1. The summed E-state index contributed by atoms with van der Waals surface area (Å²) in [6.07, 6.45) is 4.98. The Kier molecular flexibility index (Phi) is 5.02.